The molecule has 0 atom stereocenters. The van der Waals surface area contributed by atoms with Gasteiger partial charge in [0.05, 0.1) is 12.0 Å². The Kier molecular flexibility index (Phi) is 6.51. The summed E-state index contributed by atoms with van der Waals surface area (Å²) in [5.41, 5.74) is 2.15. The van der Waals surface area contributed by atoms with E-state index in [1.54, 1.807) is 31.4 Å². The number of benzene rings is 2. The number of anilines is 1. The molecule has 150 valence electrons. The molecule has 28 heavy (non-hydrogen) atoms. The second-order valence-electron chi connectivity index (χ2n) is 6.54. The molecule has 1 heterocycles. The van der Waals surface area contributed by atoms with Crippen molar-refractivity contribution in [1.29, 1.82) is 0 Å². The number of thioether (sulfide) groups is 1. The molecular formula is C20H25N3O3S2. The van der Waals surface area contributed by atoms with Crippen molar-refractivity contribution < 1.29 is 13.2 Å². The van der Waals surface area contributed by atoms with Crippen LogP contribution in [0.3, 0.4) is 0 Å². The largest absolute Gasteiger partial charge is 0.497 e. The van der Waals surface area contributed by atoms with Gasteiger partial charge in [-0.1, -0.05) is 29.5 Å². The van der Waals surface area contributed by atoms with Gasteiger partial charge in [-0.05, 0) is 49.6 Å². The van der Waals surface area contributed by atoms with E-state index in [9.17, 15) is 8.42 Å². The number of ether oxygens (including phenoxy) is 1. The third-order valence-electron chi connectivity index (χ3n) is 4.69. The molecule has 0 aliphatic carbocycles. The van der Waals surface area contributed by atoms with Gasteiger partial charge in [0.25, 0.3) is 10.0 Å². The molecule has 0 unspecified atom stereocenters. The summed E-state index contributed by atoms with van der Waals surface area (Å²) >= 11 is 1.36. The lowest BCUT2D eigenvalue weighted by Crippen LogP contribution is -2.48. The number of amidine groups is 1. The molecule has 0 bridgehead atoms. The quantitative estimate of drug-likeness (QED) is 0.560. The van der Waals surface area contributed by atoms with Crippen molar-refractivity contribution in [3.8, 4) is 5.75 Å². The molecular weight excluding hydrogens is 394 g/mol. The van der Waals surface area contributed by atoms with E-state index >= 15 is 0 Å². The molecule has 2 aromatic carbocycles. The lowest BCUT2D eigenvalue weighted by molar-refractivity contribution is 0.392. The van der Waals surface area contributed by atoms with Crippen LogP contribution in [0, 0.1) is 6.92 Å². The first-order valence-electron chi connectivity index (χ1n) is 9.02. The summed E-state index contributed by atoms with van der Waals surface area (Å²) in [5, 5.41) is 0.537. The van der Waals surface area contributed by atoms with E-state index in [0.29, 0.717) is 5.17 Å². The smallest absolute Gasteiger partial charge is 0.284 e. The number of sulfonamides is 1. The SMILES string of the molecule is COc1ccc(N2CCN(C(=NS(=O)(=O)c3ccc(C)cc3)SC)CC2)cc1. The van der Waals surface area contributed by atoms with Gasteiger partial charge in [0.2, 0.25) is 0 Å². The van der Waals surface area contributed by atoms with Crippen LogP contribution in [-0.2, 0) is 10.0 Å². The van der Waals surface area contributed by atoms with E-state index in [1.165, 1.54) is 11.8 Å². The second kappa shape index (κ2) is 8.87. The molecule has 0 amide bonds. The summed E-state index contributed by atoms with van der Waals surface area (Å²) in [6.45, 7) is 4.96. The minimum absolute atomic E-state index is 0.224. The molecule has 1 aliphatic heterocycles. The first kappa shape index (κ1) is 20.5. The van der Waals surface area contributed by atoms with Gasteiger partial charge in [-0.2, -0.15) is 8.42 Å². The van der Waals surface area contributed by atoms with Gasteiger partial charge < -0.3 is 14.5 Å². The first-order valence-corrected chi connectivity index (χ1v) is 11.7. The molecule has 3 rings (SSSR count). The van der Waals surface area contributed by atoms with Gasteiger partial charge in [0.1, 0.15) is 5.75 Å². The molecule has 1 fully saturated rings. The molecule has 0 radical (unpaired) electrons. The number of methoxy groups -OCH3 is 1. The summed E-state index contributed by atoms with van der Waals surface area (Å²) in [5.74, 6) is 0.834. The summed E-state index contributed by atoms with van der Waals surface area (Å²) in [6, 6.07) is 14.8. The van der Waals surface area contributed by atoms with E-state index in [-0.39, 0.29) is 4.90 Å². The van der Waals surface area contributed by atoms with E-state index < -0.39 is 10.0 Å². The lowest BCUT2D eigenvalue weighted by atomic mass is 10.2. The third-order valence-corrected chi connectivity index (χ3v) is 6.80. The highest BCUT2D eigenvalue weighted by Gasteiger charge is 2.22. The van der Waals surface area contributed by atoms with Crippen LogP contribution in [-0.4, -0.2) is 58.0 Å². The number of aryl methyl sites for hydroxylation is 1. The second-order valence-corrected chi connectivity index (χ2v) is 8.92. The molecule has 0 saturated carbocycles. The highest BCUT2D eigenvalue weighted by molar-refractivity contribution is 8.13. The molecule has 1 aliphatic rings. The van der Waals surface area contributed by atoms with E-state index in [0.717, 1.165) is 43.2 Å². The maximum atomic E-state index is 12.7. The fraction of sp³-hybridized carbons (Fsp3) is 0.350. The Morgan fingerprint density at radius 3 is 2.14 bits per heavy atom. The lowest BCUT2D eigenvalue weighted by Gasteiger charge is -2.37. The van der Waals surface area contributed by atoms with Crippen LogP contribution in [0.5, 0.6) is 5.75 Å². The summed E-state index contributed by atoms with van der Waals surface area (Å²) < 4.78 is 34.6. The van der Waals surface area contributed by atoms with E-state index in [4.69, 9.17) is 4.74 Å². The topological polar surface area (TPSA) is 62.2 Å². The molecule has 8 heteroatoms. The Morgan fingerprint density at radius 2 is 1.61 bits per heavy atom. The fourth-order valence-corrected chi connectivity index (χ4v) is 4.98. The van der Waals surface area contributed by atoms with E-state index in [2.05, 4.69) is 9.30 Å². The summed E-state index contributed by atoms with van der Waals surface area (Å²) in [6.07, 6.45) is 1.86. The molecule has 0 N–H and O–H groups in total. The standard InChI is InChI=1S/C20H25N3O3S2/c1-16-4-10-19(11-5-16)28(24,25)21-20(27-3)23-14-12-22(13-15-23)17-6-8-18(26-2)9-7-17/h4-11H,12-15H2,1-3H3. The monoisotopic (exact) mass is 419 g/mol. The average Bonchev–Trinajstić information content (AvgIpc) is 2.72. The van der Waals surface area contributed by atoms with Gasteiger partial charge >= 0.3 is 0 Å². The molecule has 0 spiro atoms. The number of piperazine rings is 1. The predicted octanol–water partition coefficient (Wildman–Crippen LogP) is 3.23. The van der Waals surface area contributed by atoms with Crippen LogP contribution in [0.1, 0.15) is 5.56 Å². The molecule has 1 saturated heterocycles. The number of hydrogen-bond acceptors (Lipinski definition) is 5. The zero-order chi connectivity index (χ0) is 20.1. The van der Waals surface area contributed by atoms with Gasteiger partial charge in [-0.3, -0.25) is 0 Å². The van der Waals surface area contributed by atoms with Gasteiger partial charge in [-0.15, -0.1) is 4.40 Å². The average molecular weight is 420 g/mol. The van der Waals surface area contributed by atoms with Gasteiger partial charge in [-0.25, -0.2) is 0 Å². The Labute approximate surface area is 171 Å². The van der Waals surface area contributed by atoms with Crippen molar-refractivity contribution in [3.05, 3.63) is 54.1 Å². The van der Waals surface area contributed by atoms with Crippen molar-refractivity contribution in [2.24, 2.45) is 4.40 Å². The van der Waals surface area contributed by atoms with Crippen LogP contribution >= 0.6 is 11.8 Å². The third kappa shape index (κ3) is 4.80. The van der Waals surface area contributed by atoms with Crippen LogP contribution in [0.15, 0.2) is 57.8 Å². The minimum Gasteiger partial charge on any atom is -0.497 e. The van der Waals surface area contributed by atoms with Crippen molar-refractivity contribution in [3.63, 3.8) is 0 Å². The van der Waals surface area contributed by atoms with Crippen molar-refractivity contribution in [2.45, 2.75) is 11.8 Å². The van der Waals surface area contributed by atoms with Crippen LogP contribution in [0.2, 0.25) is 0 Å². The van der Waals surface area contributed by atoms with Gasteiger partial charge in [0, 0.05) is 31.9 Å². The molecule has 2 aromatic rings. The highest BCUT2D eigenvalue weighted by Crippen LogP contribution is 2.22. The maximum absolute atomic E-state index is 12.7. The van der Waals surface area contributed by atoms with E-state index in [1.807, 2.05) is 42.3 Å². The number of rotatable bonds is 4. The van der Waals surface area contributed by atoms with Crippen LogP contribution in [0.25, 0.3) is 0 Å². The van der Waals surface area contributed by atoms with Gasteiger partial charge in [0.15, 0.2) is 5.17 Å². The van der Waals surface area contributed by atoms with Crippen LogP contribution in [0.4, 0.5) is 5.69 Å². The van der Waals surface area contributed by atoms with Crippen molar-refractivity contribution >= 4 is 32.6 Å². The van der Waals surface area contributed by atoms with Crippen LogP contribution < -0.4 is 9.64 Å². The number of nitrogens with zero attached hydrogens (tertiary/aromatic N) is 3. The normalized spacial score (nSPS) is 15.6. The van der Waals surface area contributed by atoms with Crippen molar-refractivity contribution in [1.82, 2.24) is 4.90 Å². The Hall–Kier alpha value is -2.19. The minimum atomic E-state index is -3.71. The molecule has 0 aromatic heterocycles. The molecule has 6 nitrogen and oxygen atoms in total. The maximum Gasteiger partial charge on any atom is 0.284 e. The predicted molar refractivity (Wildman–Crippen MR) is 116 cm³/mol. The first-order chi connectivity index (χ1) is 13.4. The summed E-state index contributed by atoms with van der Waals surface area (Å²) in [4.78, 5) is 4.54. The Balaban J connectivity index is 1.70. The Morgan fingerprint density at radius 1 is 1.00 bits per heavy atom. The Bertz CT molecular complexity index is 918. The zero-order valence-electron chi connectivity index (χ0n) is 16.3. The number of hydrogen-bond donors (Lipinski definition) is 0. The zero-order valence-corrected chi connectivity index (χ0v) is 18.0. The summed E-state index contributed by atoms with van der Waals surface area (Å²) in [7, 11) is -2.06. The highest BCUT2D eigenvalue weighted by atomic mass is 32.2. The van der Waals surface area contributed by atoms with Crippen molar-refractivity contribution in [2.75, 3.05) is 44.4 Å². The fourth-order valence-electron chi connectivity index (χ4n) is 3.04.